The molecule has 0 spiro atoms. The predicted molar refractivity (Wildman–Crippen MR) is 112 cm³/mol. The summed E-state index contributed by atoms with van der Waals surface area (Å²) in [6, 6.07) is 4.30. The molecule has 1 aromatic heterocycles. The molecule has 0 radical (unpaired) electrons. The SMILES string of the molecule is CCC(C)c1ncncc1N=C[C@@H]1CN(C(=O)OCc2ccc(Cl)c(F)c2)CCO1. The Balaban J connectivity index is 1.58. The standard InChI is InChI=1S/C21H24ClFN4O3/c1-3-14(2)20-19(10-24-13-26-20)25-9-16-11-27(6-7-29-16)21(28)30-12-15-4-5-17(22)18(23)8-15/h4-5,8-10,13-14,16H,3,6-7,11-12H2,1-2H3/t14?,16-/m1/s1. The third-order valence-electron chi connectivity index (χ3n) is 4.88. The van der Waals surface area contributed by atoms with Gasteiger partial charge in [-0.25, -0.2) is 19.2 Å². The Hall–Kier alpha value is -2.58. The maximum Gasteiger partial charge on any atom is 0.410 e. The van der Waals surface area contributed by atoms with Crippen molar-refractivity contribution in [2.75, 3.05) is 19.7 Å². The molecular weight excluding hydrogens is 411 g/mol. The summed E-state index contributed by atoms with van der Waals surface area (Å²) < 4.78 is 24.5. The predicted octanol–water partition coefficient (Wildman–Crippen LogP) is 4.52. The highest BCUT2D eigenvalue weighted by Gasteiger charge is 2.24. The number of nitrogens with zero attached hydrogens (tertiary/aromatic N) is 4. The third-order valence-corrected chi connectivity index (χ3v) is 5.19. The fourth-order valence-corrected chi connectivity index (χ4v) is 3.08. The number of amides is 1. The molecule has 0 aliphatic carbocycles. The van der Waals surface area contributed by atoms with Crippen LogP contribution < -0.4 is 0 Å². The molecule has 1 aromatic carbocycles. The van der Waals surface area contributed by atoms with Crippen LogP contribution in [0.5, 0.6) is 0 Å². The van der Waals surface area contributed by atoms with Crippen LogP contribution in [0.15, 0.2) is 35.7 Å². The molecule has 0 saturated carbocycles. The fraction of sp³-hybridized carbons (Fsp3) is 0.429. The number of hydrogen-bond donors (Lipinski definition) is 0. The van der Waals surface area contributed by atoms with Crippen LogP contribution in [0.3, 0.4) is 0 Å². The third kappa shape index (κ3) is 5.73. The van der Waals surface area contributed by atoms with Crippen molar-refractivity contribution in [3.63, 3.8) is 0 Å². The van der Waals surface area contributed by atoms with E-state index in [0.717, 1.165) is 12.1 Å². The number of halogens is 2. The monoisotopic (exact) mass is 434 g/mol. The van der Waals surface area contributed by atoms with Gasteiger partial charge in [-0.15, -0.1) is 0 Å². The molecule has 2 atom stereocenters. The second kappa shape index (κ2) is 10.4. The van der Waals surface area contributed by atoms with Crippen LogP contribution in [0, 0.1) is 5.82 Å². The summed E-state index contributed by atoms with van der Waals surface area (Å²) in [6.07, 6.45) is 4.93. The average molecular weight is 435 g/mol. The first-order valence-corrected chi connectivity index (χ1v) is 10.2. The van der Waals surface area contributed by atoms with Gasteiger partial charge in [0, 0.05) is 18.7 Å². The molecule has 30 heavy (non-hydrogen) atoms. The van der Waals surface area contributed by atoms with E-state index in [4.69, 9.17) is 21.1 Å². The lowest BCUT2D eigenvalue weighted by Gasteiger charge is -2.30. The Bertz CT molecular complexity index is 912. The molecule has 2 aromatic rings. The van der Waals surface area contributed by atoms with Gasteiger partial charge in [0.05, 0.1) is 30.1 Å². The van der Waals surface area contributed by atoms with Gasteiger partial charge in [-0.2, -0.15) is 0 Å². The number of morpholine rings is 1. The summed E-state index contributed by atoms with van der Waals surface area (Å²) in [7, 11) is 0. The molecule has 1 unspecified atom stereocenters. The van der Waals surface area contributed by atoms with Crippen LogP contribution in [0.1, 0.15) is 37.4 Å². The fourth-order valence-electron chi connectivity index (χ4n) is 2.96. The number of benzene rings is 1. The largest absolute Gasteiger partial charge is 0.445 e. The quantitative estimate of drug-likeness (QED) is 0.624. The Morgan fingerprint density at radius 3 is 3.13 bits per heavy atom. The van der Waals surface area contributed by atoms with Gasteiger partial charge in [0.15, 0.2) is 0 Å². The summed E-state index contributed by atoms with van der Waals surface area (Å²) in [5, 5.41) is 0.0284. The van der Waals surface area contributed by atoms with Gasteiger partial charge in [0.2, 0.25) is 0 Å². The summed E-state index contributed by atoms with van der Waals surface area (Å²) in [5.41, 5.74) is 2.10. The molecule has 1 fully saturated rings. The normalized spacial score (nSPS) is 17.9. The van der Waals surface area contributed by atoms with Crippen molar-refractivity contribution in [3.05, 3.63) is 52.8 Å². The van der Waals surface area contributed by atoms with E-state index in [1.54, 1.807) is 23.4 Å². The van der Waals surface area contributed by atoms with E-state index in [2.05, 4.69) is 28.8 Å². The van der Waals surface area contributed by atoms with E-state index < -0.39 is 11.9 Å². The second-order valence-electron chi connectivity index (χ2n) is 7.04. The van der Waals surface area contributed by atoms with Crippen molar-refractivity contribution in [1.82, 2.24) is 14.9 Å². The van der Waals surface area contributed by atoms with Crippen LogP contribution in [0.2, 0.25) is 5.02 Å². The van der Waals surface area contributed by atoms with E-state index >= 15 is 0 Å². The van der Waals surface area contributed by atoms with Gasteiger partial charge in [0.25, 0.3) is 0 Å². The van der Waals surface area contributed by atoms with E-state index in [9.17, 15) is 9.18 Å². The number of aliphatic imine (C=N–C) groups is 1. The molecular formula is C21H24ClFN4O3. The van der Waals surface area contributed by atoms with Crippen LogP contribution in [-0.2, 0) is 16.1 Å². The first-order chi connectivity index (χ1) is 14.5. The Morgan fingerprint density at radius 1 is 1.53 bits per heavy atom. The maximum absolute atomic E-state index is 13.5. The van der Waals surface area contributed by atoms with Crippen molar-refractivity contribution in [1.29, 1.82) is 0 Å². The number of hydrogen-bond acceptors (Lipinski definition) is 6. The van der Waals surface area contributed by atoms with Crippen molar-refractivity contribution in [2.45, 2.75) is 38.9 Å². The topological polar surface area (TPSA) is 76.9 Å². The minimum Gasteiger partial charge on any atom is -0.445 e. The van der Waals surface area contributed by atoms with Gasteiger partial charge in [0.1, 0.15) is 30.5 Å². The van der Waals surface area contributed by atoms with E-state index in [-0.39, 0.29) is 23.7 Å². The lowest BCUT2D eigenvalue weighted by Crippen LogP contribution is -2.46. The van der Waals surface area contributed by atoms with E-state index in [1.807, 2.05) is 0 Å². The van der Waals surface area contributed by atoms with Crippen molar-refractivity contribution < 1.29 is 18.7 Å². The van der Waals surface area contributed by atoms with Crippen molar-refractivity contribution in [3.8, 4) is 0 Å². The molecule has 2 heterocycles. The zero-order chi connectivity index (χ0) is 21.5. The Kier molecular flexibility index (Phi) is 7.70. The molecule has 0 N–H and O–H groups in total. The van der Waals surface area contributed by atoms with Gasteiger partial charge in [-0.05, 0) is 24.1 Å². The molecule has 1 amide bonds. The van der Waals surface area contributed by atoms with Crippen LogP contribution in [-0.4, -0.2) is 53.0 Å². The zero-order valence-electron chi connectivity index (χ0n) is 16.9. The minimum absolute atomic E-state index is 0.0284. The summed E-state index contributed by atoms with van der Waals surface area (Å²) in [4.78, 5) is 26.8. The van der Waals surface area contributed by atoms with E-state index in [0.29, 0.717) is 30.9 Å². The molecule has 0 bridgehead atoms. The van der Waals surface area contributed by atoms with Crippen LogP contribution in [0.4, 0.5) is 14.9 Å². The molecule has 9 heteroatoms. The number of rotatable bonds is 6. The molecule has 1 aliphatic heterocycles. The van der Waals surface area contributed by atoms with Crippen molar-refractivity contribution in [2.24, 2.45) is 4.99 Å². The number of carbonyl (C=O) groups excluding carboxylic acids is 1. The highest BCUT2D eigenvalue weighted by Crippen LogP contribution is 2.25. The lowest BCUT2D eigenvalue weighted by atomic mass is 10.0. The molecule has 7 nitrogen and oxygen atoms in total. The zero-order valence-corrected chi connectivity index (χ0v) is 17.7. The smallest absolute Gasteiger partial charge is 0.410 e. The molecule has 3 rings (SSSR count). The Morgan fingerprint density at radius 2 is 2.37 bits per heavy atom. The first-order valence-electron chi connectivity index (χ1n) is 9.79. The van der Waals surface area contributed by atoms with Gasteiger partial charge in [-0.3, -0.25) is 4.99 Å². The number of aromatic nitrogens is 2. The maximum atomic E-state index is 13.5. The highest BCUT2D eigenvalue weighted by molar-refractivity contribution is 6.30. The Labute approximate surface area is 179 Å². The molecule has 1 saturated heterocycles. The van der Waals surface area contributed by atoms with Gasteiger partial charge in [-0.1, -0.05) is 31.5 Å². The molecule has 1 aliphatic rings. The van der Waals surface area contributed by atoms with Crippen LogP contribution >= 0.6 is 11.6 Å². The highest BCUT2D eigenvalue weighted by atomic mass is 35.5. The van der Waals surface area contributed by atoms with Gasteiger partial charge < -0.3 is 14.4 Å². The lowest BCUT2D eigenvalue weighted by molar-refractivity contribution is 0.00329. The summed E-state index contributed by atoms with van der Waals surface area (Å²) >= 11 is 5.67. The summed E-state index contributed by atoms with van der Waals surface area (Å²) in [6.45, 7) is 5.22. The number of ether oxygens (including phenoxy) is 2. The van der Waals surface area contributed by atoms with Gasteiger partial charge >= 0.3 is 6.09 Å². The molecule has 160 valence electrons. The second-order valence-corrected chi connectivity index (χ2v) is 7.45. The van der Waals surface area contributed by atoms with Crippen LogP contribution in [0.25, 0.3) is 0 Å². The number of carbonyl (C=O) groups is 1. The first kappa shape index (κ1) is 22.1. The minimum atomic E-state index is -0.547. The van der Waals surface area contributed by atoms with E-state index in [1.165, 1.54) is 18.5 Å². The summed E-state index contributed by atoms with van der Waals surface area (Å²) in [5.74, 6) is -0.286. The average Bonchev–Trinajstić information content (AvgIpc) is 2.78. The van der Waals surface area contributed by atoms with Crippen molar-refractivity contribution >= 4 is 29.6 Å².